The van der Waals surface area contributed by atoms with Gasteiger partial charge in [-0.25, -0.2) is 4.39 Å². The van der Waals surface area contributed by atoms with Gasteiger partial charge in [-0.15, -0.1) is 0 Å². The molecule has 0 spiro atoms. The van der Waals surface area contributed by atoms with Gasteiger partial charge >= 0.3 is 0 Å². The molecule has 0 saturated heterocycles. The van der Waals surface area contributed by atoms with Gasteiger partial charge in [-0.3, -0.25) is 0 Å². The Hall–Kier alpha value is -1.65. The van der Waals surface area contributed by atoms with Crippen molar-refractivity contribution in [1.82, 2.24) is 0 Å². The zero-order valence-electron chi connectivity index (χ0n) is 10.3. The van der Waals surface area contributed by atoms with Crippen LogP contribution in [0.4, 0.5) is 10.1 Å². The number of nitrogens with one attached hydrogen (secondary N) is 1. The van der Waals surface area contributed by atoms with Crippen LogP contribution in [0.1, 0.15) is 5.56 Å². The summed E-state index contributed by atoms with van der Waals surface area (Å²) in [6.07, 6.45) is 0. The number of fused-ring (bicyclic) bond motifs is 1. The van der Waals surface area contributed by atoms with Crippen molar-refractivity contribution in [2.24, 2.45) is 0 Å². The molecule has 0 aliphatic carbocycles. The van der Waals surface area contributed by atoms with Crippen molar-refractivity contribution < 1.29 is 13.9 Å². The Kier molecular flexibility index (Phi) is 3.59. The number of halogens is 3. The Morgan fingerprint density at radius 3 is 2.80 bits per heavy atom. The number of hydrogen-bond acceptors (Lipinski definition) is 3. The molecule has 3 rings (SSSR count). The van der Waals surface area contributed by atoms with Crippen LogP contribution >= 0.6 is 23.2 Å². The minimum atomic E-state index is -0.399. The zero-order valence-corrected chi connectivity index (χ0v) is 11.8. The topological polar surface area (TPSA) is 30.5 Å². The fourth-order valence-electron chi connectivity index (χ4n) is 1.95. The highest BCUT2D eigenvalue weighted by Crippen LogP contribution is 2.39. The molecule has 1 aliphatic rings. The summed E-state index contributed by atoms with van der Waals surface area (Å²) in [4.78, 5) is 0. The van der Waals surface area contributed by atoms with E-state index < -0.39 is 5.82 Å². The van der Waals surface area contributed by atoms with E-state index in [0.717, 1.165) is 5.56 Å². The Morgan fingerprint density at radius 2 is 2.00 bits per heavy atom. The quantitative estimate of drug-likeness (QED) is 0.906. The van der Waals surface area contributed by atoms with E-state index >= 15 is 0 Å². The predicted octanol–water partition coefficient (Wildman–Crippen LogP) is 4.47. The van der Waals surface area contributed by atoms with E-state index in [9.17, 15) is 4.39 Å². The summed E-state index contributed by atoms with van der Waals surface area (Å²) in [6, 6.07) is 8.05. The molecule has 1 N–H and O–H groups in total. The standard InChI is InChI=1S/C14H10Cl2FNO2/c15-9-1-2-12(11(17)5-9)18-6-8-3-10(16)14-13(4-8)19-7-20-14/h1-5,18H,6-7H2. The molecular formula is C14H10Cl2FNO2. The van der Waals surface area contributed by atoms with E-state index in [-0.39, 0.29) is 6.79 Å². The van der Waals surface area contributed by atoms with E-state index in [4.69, 9.17) is 32.7 Å². The number of hydrogen-bond donors (Lipinski definition) is 1. The second-order valence-corrected chi connectivity index (χ2v) is 5.13. The molecule has 6 heteroatoms. The average molecular weight is 314 g/mol. The van der Waals surface area contributed by atoms with Gasteiger partial charge in [0.2, 0.25) is 6.79 Å². The molecule has 3 nitrogen and oxygen atoms in total. The second kappa shape index (κ2) is 5.38. The molecule has 0 atom stereocenters. The fourth-order valence-corrected chi connectivity index (χ4v) is 2.40. The predicted molar refractivity (Wildman–Crippen MR) is 76.3 cm³/mol. The first-order chi connectivity index (χ1) is 9.63. The highest BCUT2D eigenvalue weighted by molar-refractivity contribution is 6.32. The highest BCUT2D eigenvalue weighted by Gasteiger charge is 2.18. The normalized spacial score (nSPS) is 12.6. The second-order valence-electron chi connectivity index (χ2n) is 4.29. The summed E-state index contributed by atoms with van der Waals surface area (Å²) >= 11 is 11.8. The van der Waals surface area contributed by atoms with E-state index in [2.05, 4.69) is 5.32 Å². The first-order valence-electron chi connectivity index (χ1n) is 5.90. The van der Waals surface area contributed by atoms with E-state index in [1.165, 1.54) is 6.07 Å². The summed E-state index contributed by atoms with van der Waals surface area (Å²) in [7, 11) is 0. The highest BCUT2D eigenvalue weighted by atomic mass is 35.5. The lowest BCUT2D eigenvalue weighted by Gasteiger charge is -2.09. The maximum Gasteiger partial charge on any atom is 0.231 e. The van der Waals surface area contributed by atoms with Gasteiger partial charge in [-0.05, 0) is 35.9 Å². The van der Waals surface area contributed by atoms with Crippen LogP contribution in [0.5, 0.6) is 11.5 Å². The largest absolute Gasteiger partial charge is 0.454 e. The molecule has 2 aromatic rings. The van der Waals surface area contributed by atoms with Crippen LogP contribution in [0.2, 0.25) is 10.0 Å². The van der Waals surface area contributed by atoms with E-state index in [1.54, 1.807) is 18.2 Å². The minimum Gasteiger partial charge on any atom is -0.454 e. The van der Waals surface area contributed by atoms with Crippen molar-refractivity contribution in [2.45, 2.75) is 6.54 Å². The van der Waals surface area contributed by atoms with Crippen LogP contribution in [-0.4, -0.2) is 6.79 Å². The Labute approximate surface area is 125 Å². The van der Waals surface area contributed by atoms with Crippen molar-refractivity contribution in [3.8, 4) is 11.5 Å². The Morgan fingerprint density at radius 1 is 1.15 bits per heavy atom. The monoisotopic (exact) mass is 313 g/mol. The van der Waals surface area contributed by atoms with Gasteiger partial charge in [0.25, 0.3) is 0 Å². The SMILES string of the molecule is Fc1cc(Cl)ccc1NCc1cc(Cl)c2c(c1)OCO2. The van der Waals surface area contributed by atoms with Crippen molar-refractivity contribution >= 4 is 28.9 Å². The molecule has 1 aliphatic heterocycles. The van der Waals surface area contributed by atoms with Crippen LogP contribution in [0.15, 0.2) is 30.3 Å². The minimum absolute atomic E-state index is 0.164. The van der Waals surface area contributed by atoms with Gasteiger partial charge in [0.05, 0.1) is 10.7 Å². The van der Waals surface area contributed by atoms with Gasteiger partial charge in [0.15, 0.2) is 11.5 Å². The molecule has 104 valence electrons. The molecule has 0 fully saturated rings. The van der Waals surface area contributed by atoms with Crippen LogP contribution < -0.4 is 14.8 Å². The van der Waals surface area contributed by atoms with E-state index in [0.29, 0.717) is 33.8 Å². The number of anilines is 1. The lowest BCUT2D eigenvalue weighted by Crippen LogP contribution is -2.01. The first kappa shape index (κ1) is 13.3. The molecular weight excluding hydrogens is 304 g/mol. The van der Waals surface area contributed by atoms with Gasteiger partial charge in [-0.1, -0.05) is 23.2 Å². The molecule has 0 amide bonds. The van der Waals surface area contributed by atoms with Crippen molar-refractivity contribution in [2.75, 3.05) is 12.1 Å². The summed E-state index contributed by atoms with van der Waals surface area (Å²) in [5.74, 6) is 0.753. The van der Waals surface area contributed by atoms with Gasteiger partial charge < -0.3 is 14.8 Å². The van der Waals surface area contributed by atoms with Gasteiger partial charge in [-0.2, -0.15) is 0 Å². The summed E-state index contributed by atoms with van der Waals surface area (Å²) in [5.41, 5.74) is 1.25. The average Bonchev–Trinajstić information content (AvgIpc) is 2.86. The third kappa shape index (κ3) is 2.62. The van der Waals surface area contributed by atoms with Crippen LogP contribution in [0, 0.1) is 5.82 Å². The lowest BCUT2D eigenvalue weighted by atomic mass is 10.2. The van der Waals surface area contributed by atoms with Crippen LogP contribution in [0.25, 0.3) is 0 Å². The number of benzene rings is 2. The molecule has 20 heavy (non-hydrogen) atoms. The molecule has 2 aromatic carbocycles. The van der Waals surface area contributed by atoms with Crippen molar-refractivity contribution in [1.29, 1.82) is 0 Å². The van der Waals surface area contributed by atoms with Crippen LogP contribution in [-0.2, 0) is 6.54 Å². The Balaban J connectivity index is 1.77. The van der Waals surface area contributed by atoms with Crippen molar-refractivity contribution in [3.05, 3.63) is 51.8 Å². The van der Waals surface area contributed by atoms with Gasteiger partial charge in [0.1, 0.15) is 5.82 Å². The molecule has 0 bridgehead atoms. The Bertz CT molecular complexity index is 664. The maximum absolute atomic E-state index is 13.6. The van der Waals surface area contributed by atoms with Gasteiger partial charge in [0, 0.05) is 11.6 Å². The number of ether oxygens (including phenoxy) is 2. The molecule has 1 heterocycles. The summed E-state index contributed by atoms with van der Waals surface area (Å²) in [6.45, 7) is 0.576. The molecule has 0 radical (unpaired) electrons. The third-order valence-electron chi connectivity index (χ3n) is 2.90. The smallest absolute Gasteiger partial charge is 0.231 e. The van der Waals surface area contributed by atoms with Crippen LogP contribution in [0.3, 0.4) is 0 Å². The first-order valence-corrected chi connectivity index (χ1v) is 6.66. The molecule has 0 unspecified atom stereocenters. The van der Waals surface area contributed by atoms with Crippen molar-refractivity contribution in [3.63, 3.8) is 0 Å². The molecule has 0 saturated carbocycles. The molecule has 0 aromatic heterocycles. The van der Waals surface area contributed by atoms with E-state index in [1.807, 2.05) is 6.07 Å². The lowest BCUT2D eigenvalue weighted by molar-refractivity contribution is 0.174. The summed E-state index contributed by atoms with van der Waals surface area (Å²) < 4.78 is 24.1. The number of rotatable bonds is 3. The maximum atomic E-state index is 13.6. The third-order valence-corrected chi connectivity index (χ3v) is 3.42. The zero-order chi connectivity index (χ0) is 14.1. The fraction of sp³-hybridized carbons (Fsp3) is 0.143. The summed E-state index contributed by atoms with van der Waals surface area (Å²) in [5, 5.41) is 3.83.